The van der Waals surface area contributed by atoms with E-state index in [9.17, 15) is 23.3 Å². The highest BCUT2D eigenvalue weighted by molar-refractivity contribution is 7.92. The van der Waals surface area contributed by atoms with E-state index < -0.39 is 27.4 Å². The van der Waals surface area contributed by atoms with Crippen molar-refractivity contribution in [3.05, 3.63) is 64.7 Å². The molecule has 2 aromatic rings. The molecule has 2 aromatic carbocycles. The first-order valence-electron chi connectivity index (χ1n) is 6.84. The van der Waals surface area contributed by atoms with E-state index in [-0.39, 0.29) is 11.4 Å². The molecule has 0 saturated carbocycles. The minimum Gasteiger partial charge on any atom is -0.325 e. The molecule has 0 bridgehead atoms. The van der Waals surface area contributed by atoms with Crippen molar-refractivity contribution < 1.29 is 18.1 Å². The number of amides is 1. The molecule has 0 radical (unpaired) electrons. The predicted octanol–water partition coefficient (Wildman–Crippen LogP) is 2.00. The summed E-state index contributed by atoms with van der Waals surface area (Å²) in [5.41, 5.74) is 0.314. The fourth-order valence-corrected chi connectivity index (χ4v) is 2.86. The summed E-state index contributed by atoms with van der Waals surface area (Å²) in [6, 6.07) is 13.7. The van der Waals surface area contributed by atoms with Gasteiger partial charge in [0, 0.05) is 17.8 Å². The van der Waals surface area contributed by atoms with Crippen molar-refractivity contribution in [3.63, 3.8) is 0 Å². The number of hydrogen-bond donors (Lipinski definition) is 1. The molecule has 0 atom stereocenters. The molecule has 0 aromatic heterocycles. The summed E-state index contributed by atoms with van der Waals surface area (Å²) in [7, 11) is -3.80. The number of sulfonamides is 1. The lowest BCUT2D eigenvalue weighted by atomic mass is 10.3. The zero-order valence-electron chi connectivity index (χ0n) is 12.7. The van der Waals surface area contributed by atoms with Gasteiger partial charge in [0.05, 0.1) is 16.9 Å². The van der Waals surface area contributed by atoms with E-state index in [1.54, 1.807) is 30.3 Å². The third kappa shape index (κ3) is 4.53. The van der Waals surface area contributed by atoms with Gasteiger partial charge in [-0.1, -0.05) is 24.3 Å². The summed E-state index contributed by atoms with van der Waals surface area (Å²) in [4.78, 5) is 22.3. The summed E-state index contributed by atoms with van der Waals surface area (Å²) < 4.78 is 24.8. The van der Waals surface area contributed by atoms with Gasteiger partial charge in [0.15, 0.2) is 0 Å². The second-order valence-electron chi connectivity index (χ2n) is 4.96. The minimum absolute atomic E-state index is 0.0508. The molecule has 8 nitrogen and oxygen atoms in total. The Balaban J connectivity index is 2.25. The van der Waals surface area contributed by atoms with E-state index in [4.69, 9.17) is 0 Å². The van der Waals surface area contributed by atoms with Gasteiger partial charge in [-0.3, -0.25) is 19.2 Å². The van der Waals surface area contributed by atoms with Gasteiger partial charge in [-0.2, -0.15) is 0 Å². The van der Waals surface area contributed by atoms with Crippen LogP contribution in [-0.4, -0.2) is 32.0 Å². The molecule has 0 fully saturated rings. The zero-order valence-corrected chi connectivity index (χ0v) is 13.6. The first kappa shape index (κ1) is 17.4. The molecule has 24 heavy (non-hydrogen) atoms. The van der Waals surface area contributed by atoms with Gasteiger partial charge in [0.2, 0.25) is 15.9 Å². The number of benzene rings is 2. The molecular formula is C15H15N3O5S. The van der Waals surface area contributed by atoms with Crippen LogP contribution in [0.5, 0.6) is 0 Å². The molecule has 0 heterocycles. The van der Waals surface area contributed by atoms with E-state index >= 15 is 0 Å². The Bertz CT molecular complexity index is 852. The maximum atomic E-state index is 12.1. The maximum absolute atomic E-state index is 12.1. The average molecular weight is 349 g/mol. The van der Waals surface area contributed by atoms with Crippen LogP contribution in [0.1, 0.15) is 0 Å². The molecule has 0 aliphatic rings. The standard InChI is InChI=1S/C15H15N3O5S/c1-24(22,23)17(13-8-5-9-14(10-13)18(20)21)11-15(19)16-12-6-3-2-4-7-12/h2-10H,11H2,1H3,(H,16,19). The third-order valence-electron chi connectivity index (χ3n) is 3.07. The molecule has 0 aliphatic carbocycles. The van der Waals surface area contributed by atoms with Crippen molar-refractivity contribution in [2.45, 2.75) is 0 Å². The highest BCUT2D eigenvalue weighted by Gasteiger charge is 2.22. The Labute approximate surface area is 138 Å². The largest absolute Gasteiger partial charge is 0.325 e. The predicted molar refractivity (Wildman–Crippen MR) is 90.4 cm³/mol. The lowest BCUT2D eigenvalue weighted by Crippen LogP contribution is -2.37. The third-order valence-corrected chi connectivity index (χ3v) is 4.21. The van der Waals surface area contributed by atoms with Crippen LogP contribution in [0.25, 0.3) is 0 Å². The summed E-state index contributed by atoms with van der Waals surface area (Å²) in [6.45, 7) is -0.491. The summed E-state index contributed by atoms with van der Waals surface area (Å²) in [5.74, 6) is -0.557. The number of anilines is 2. The van der Waals surface area contributed by atoms with Gasteiger partial charge in [0.1, 0.15) is 6.54 Å². The average Bonchev–Trinajstić information content (AvgIpc) is 2.52. The van der Waals surface area contributed by atoms with E-state index in [1.165, 1.54) is 18.2 Å². The van der Waals surface area contributed by atoms with Crippen LogP contribution in [0.15, 0.2) is 54.6 Å². The number of carbonyl (C=O) groups excluding carboxylic acids is 1. The van der Waals surface area contributed by atoms with E-state index in [0.717, 1.165) is 16.6 Å². The lowest BCUT2D eigenvalue weighted by molar-refractivity contribution is -0.384. The first-order chi connectivity index (χ1) is 11.3. The Morgan fingerprint density at radius 1 is 1.17 bits per heavy atom. The number of non-ortho nitro benzene ring substituents is 1. The molecule has 1 N–H and O–H groups in total. The highest BCUT2D eigenvalue weighted by atomic mass is 32.2. The number of carbonyl (C=O) groups is 1. The van der Waals surface area contributed by atoms with Crippen LogP contribution < -0.4 is 9.62 Å². The fourth-order valence-electron chi connectivity index (χ4n) is 2.01. The second-order valence-corrected chi connectivity index (χ2v) is 6.87. The van der Waals surface area contributed by atoms with Crippen molar-refractivity contribution in [3.8, 4) is 0 Å². The van der Waals surface area contributed by atoms with Crippen molar-refractivity contribution in [2.24, 2.45) is 0 Å². The summed E-state index contributed by atoms with van der Waals surface area (Å²) in [5, 5.41) is 13.4. The van der Waals surface area contributed by atoms with Crippen LogP contribution >= 0.6 is 0 Å². The van der Waals surface area contributed by atoms with Gasteiger partial charge < -0.3 is 5.32 Å². The van der Waals surface area contributed by atoms with Gasteiger partial charge in [-0.05, 0) is 18.2 Å². The van der Waals surface area contributed by atoms with E-state index in [1.807, 2.05) is 0 Å². The lowest BCUT2D eigenvalue weighted by Gasteiger charge is -2.21. The quantitative estimate of drug-likeness (QED) is 0.633. The fraction of sp³-hybridized carbons (Fsp3) is 0.133. The highest BCUT2D eigenvalue weighted by Crippen LogP contribution is 2.23. The van der Waals surface area contributed by atoms with Crippen molar-refractivity contribution in [2.75, 3.05) is 22.4 Å². The molecule has 1 amide bonds. The number of nitrogens with zero attached hydrogens (tertiary/aromatic N) is 2. The normalized spacial score (nSPS) is 10.9. The smallest absolute Gasteiger partial charge is 0.271 e. The molecule has 9 heteroatoms. The van der Waals surface area contributed by atoms with Crippen molar-refractivity contribution >= 4 is 33.0 Å². The van der Waals surface area contributed by atoms with Gasteiger partial charge in [-0.25, -0.2) is 8.42 Å². The Kier molecular flexibility index (Phi) is 5.14. The molecule has 0 spiro atoms. The molecule has 126 valence electrons. The molecule has 0 aliphatic heterocycles. The van der Waals surface area contributed by atoms with Gasteiger partial charge >= 0.3 is 0 Å². The molecular weight excluding hydrogens is 334 g/mol. The van der Waals surface area contributed by atoms with Crippen LogP contribution in [-0.2, 0) is 14.8 Å². The molecule has 2 rings (SSSR count). The zero-order chi connectivity index (χ0) is 17.7. The molecule has 0 unspecified atom stereocenters. The minimum atomic E-state index is -3.80. The van der Waals surface area contributed by atoms with Gasteiger partial charge in [0.25, 0.3) is 5.69 Å². The first-order valence-corrected chi connectivity index (χ1v) is 8.69. The topological polar surface area (TPSA) is 110 Å². The SMILES string of the molecule is CS(=O)(=O)N(CC(=O)Nc1ccccc1)c1cccc([N+](=O)[O-])c1. The van der Waals surface area contributed by atoms with Crippen LogP contribution in [0.3, 0.4) is 0 Å². The Morgan fingerprint density at radius 2 is 1.83 bits per heavy atom. The number of para-hydroxylation sites is 1. The van der Waals surface area contributed by atoms with Crippen LogP contribution in [0, 0.1) is 10.1 Å². The number of rotatable bonds is 6. The van der Waals surface area contributed by atoms with Crippen LogP contribution in [0.4, 0.5) is 17.1 Å². The van der Waals surface area contributed by atoms with E-state index in [0.29, 0.717) is 5.69 Å². The van der Waals surface area contributed by atoms with Crippen molar-refractivity contribution in [1.82, 2.24) is 0 Å². The second kappa shape index (κ2) is 7.09. The summed E-state index contributed by atoms with van der Waals surface area (Å²) in [6.07, 6.45) is 0.932. The molecule has 0 saturated heterocycles. The Hall–Kier alpha value is -2.94. The number of nitrogens with one attached hydrogen (secondary N) is 1. The van der Waals surface area contributed by atoms with E-state index in [2.05, 4.69) is 5.32 Å². The van der Waals surface area contributed by atoms with Crippen LogP contribution in [0.2, 0.25) is 0 Å². The number of nitro groups is 1. The Morgan fingerprint density at radius 3 is 2.42 bits per heavy atom. The van der Waals surface area contributed by atoms with Crippen molar-refractivity contribution in [1.29, 1.82) is 0 Å². The number of nitro benzene ring substituents is 1. The summed E-state index contributed by atoms with van der Waals surface area (Å²) >= 11 is 0. The monoisotopic (exact) mass is 349 g/mol. The maximum Gasteiger partial charge on any atom is 0.271 e. The number of hydrogen-bond acceptors (Lipinski definition) is 5. The van der Waals surface area contributed by atoms with Gasteiger partial charge in [-0.15, -0.1) is 0 Å².